The average Bonchev–Trinajstić information content (AvgIpc) is 2.47. The molecule has 0 saturated heterocycles. The lowest BCUT2D eigenvalue weighted by Crippen LogP contribution is -2.05. The molecule has 19 heavy (non-hydrogen) atoms. The van der Waals surface area contributed by atoms with Gasteiger partial charge in [-0.15, -0.1) is 0 Å². The second-order valence-corrected chi connectivity index (χ2v) is 4.31. The van der Waals surface area contributed by atoms with Crippen LogP contribution in [0.4, 0.5) is 11.4 Å². The van der Waals surface area contributed by atoms with E-state index in [-0.39, 0.29) is 5.75 Å². The Morgan fingerprint density at radius 1 is 0.947 bits per heavy atom. The number of hydrogen-bond donors (Lipinski definition) is 3. The maximum atomic E-state index is 9.82. The number of allylic oxidation sites excluding steroid dienone is 1. The predicted molar refractivity (Wildman–Crippen MR) is 78.9 cm³/mol. The molecule has 3 heteroatoms. The summed E-state index contributed by atoms with van der Waals surface area (Å²) in [5.74, 6) is 0.257. The number of phenolic OH excluding ortho intramolecular Hbond substituents is 1. The highest BCUT2D eigenvalue weighted by molar-refractivity contribution is 5.79. The maximum absolute atomic E-state index is 9.82. The molecule has 3 rings (SSSR count). The molecule has 0 amide bonds. The van der Waals surface area contributed by atoms with Crippen LogP contribution in [-0.2, 0) is 0 Å². The van der Waals surface area contributed by atoms with Gasteiger partial charge in [0.25, 0.3) is 0 Å². The van der Waals surface area contributed by atoms with Crippen LogP contribution >= 0.6 is 0 Å². The van der Waals surface area contributed by atoms with Gasteiger partial charge in [0.1, 0.15) is 5.75 Å². The summed E-state index contributed by atoms with van der Waals surface area (Å²) in [5, 5.41) is 16.2. The molecule has 0 radical (unpaired) electrons. The summed E-state index contributed by atoms with van der Waals surface area (Å²) in [6, 6.07) is 15.4. The molecule has 1 aliphatic rings. The number of nitrogens with one attached hydrogen (secondary N) is 2. The smallest absolute Gasteiger partial charge is 0.139 e. The summed E-state index contributed by atoms with van der Waals surface area (Å²) >= 11 is 0. The average molecular weight is 250 g/mol. The lowest BCUT2D eigenvalue weighted by Gasteiger charge is -2.17. The van der Waals surface area contributed by atoms with E-state index in [2.05, 4.69) is 10.6 Å². The highest BCUT2D eigenvalue weighted by atomic mass is 16.3. The molecule has 0 atom stereocenters. The fourth-order valence-corrected chi connectivity index (χ4v) is 1.98. The Labute approximate surface area is 111 Å². The topological polar surface area (TPSA) is 44.3 Å². The number of hydrogen-bond acceptors (Lipinski definition) is 3. The van der Waals surface area contributed by atoms with E-state index in [0.717, 1.165) is 22.6 Å². The molecule has 0 saturated carbocycles. The zero-order chi connectivity index (χ0) is 13.1. The van der Waals surface area contributed by atoms with Crippen LogP contribution in [0.25, 0.3) is 6.08 Å². The molecule has 0 fully saturated rings. The maximum Gasteiger partial charge on any atom is 0.139 e. The van der Waals surface area contributed by atoms with Crippen molar-refractivity contribution >= 4 is 17.5 Å². The van der Waals surface area contributed by atoms with Crippen LogP contribution in [0.3, 0.4) is 0 Å². The Balaban J connectivity index is 1.81. The number of phenols is 1. The van der Waals surface area contributed by atoms with E-state index >= 15 is 0 Å². The highest BCUT2D eigenvalue weighted by Gasteiger charge is 2.10. The molecule has 0 aliphatic carbocycles. The van der Waals surface area contributed by atoms with Crippen LogP contribution in [-0.4, -0.2) is 5.11 Å². The van der Waals surface area contributed by atoms with E-state index in [1.807, 2.05) is 60.8 Å². The molecular weight excluding hydrogens is 236 g/mol. The van der Waals surface area contributed by atoms with Crippen molar-refractivity contribution in [3.05, 3.63) is 72.1 Å². The number of rotatable bonds is 2. The third-order valence-electron chi connectivity index (χ3n) is 2.95. The van der Waals surface area contributed by atoms with Gasteiger partial charge >= 0.3 is 0 Å². The van der Waals surface area contributed by atoms with E-state index in [9.17, 15) is 5.11 Å². The van der Waals surface area contributed by atoms with E-state index in [4.69, 9.17) is 0 Å². The van der Waals surface area contributed by atoms with Crippen LogP contribution in [0.5, 0.6) is 5.75 Å². The van der Waals surface area contributed by atoms with E-state index in [1.54, 1.807) is 6.07 Å². The minimum Gasteiger partial charge on any atom is -0.506 e. The van der Waals surface area contributed by atoms with Crippen molar-refractivity contribution in [1.82, 2.24) is 0 Å². The second-order valence-electron chi connectivity index (χ2n) is 4.31. The quantitative estimate of drug-likeness (QED) is 0.711. The zero-order valence-corrected chi connectivity index (χ0v) is 10.3. The molecule has 1 aliphatic heterocycles. The minimum absolute atomic E-state index is 0.257. The summed E-state index contributed by atoms with van der Waals surface area (Å²) in [6.45, 7) is 0. The Hall–Kier alpha value is -2.68. The van der Waals surface area contributed by atoms with Gasteiger partial charge in [0.15, 0.2) is 0 Å². The van der Waals surface area contributed by atoms with Gasteiger partial charge in [0.2, 0.25) is 0 Å². The van der Waals surface area contributed by atoms with Crippen molar-refractivity contribution in [2.75, 3.05) is 10.6 Å². The Kier molecular flexibility index (Phi) is 2.94. The minimum atomic E-state index is 0.257. The molecule has 0 aromatic heterocycles. The number of anilines is 2. The summed E-state index contributed by atoms with van der Waals surface area (Å²) in [5.41, 5.74) is 3.65. The molecule has 0 spiro atoms. The lowest BCUT2D eigenvalue weighted by molar-refractivity contribution is 0.477. The third kappa shape index (κ3) is 2.45. The van der Waals surface area contributed by atoms with Gasteiger partial charge in [0, 0.05) is 17.5 Å². The van der Waals surface area contributed by atoms with E-state index < -0.39 is 0 Å². The second kappa shape index (κ2) is 4.90. The fraction of sp³-hybridized carbons (Fsp3) is 0. The van der Waals surface area contributed by atoms with E-state index in [0.29, 0.717) is 0 Å². The molecule has 3 nitrogen and oxygen atoms in total. The summed E-state index contributed by atoms with van der Waals surface area (Å²) in [6.07, 6.45) is 5.82. The Morgan fingerprint density at radius 2 is 1.79 bits per heavy atom. The SMILES string of the molecule is Oc1cccc2c1NC(=CNc1ccccc1)C=C2. The summed E-state index contributed by atoms with van der Waals surface area (Å²) < 4.78 is 0. The first-order valence-electron chi connectivity index (χ1n) is 6.12. The highest BCUT2D eigenvalue weighted by Crippen LogP contribution is 2.32. The number of fused-ring (bicyclic) bond motifs is 1. The fourth-order valence-electron chi connectivity index (χ4n) is 1.98. The van der Waals surface area contributed by atoms with Gasteiger partial charge in [-0.2, -0.15) is 0 Å². The first kappa shape index (κ1) is 11.4. The largest absolute Gasteiger partial charge is 0.506 e. The summed E-state index contributed by atoms with van der Waals surface area (Å²) in [7, 11) is 0. The van der Waals surface area contributed by atoms with E-state index in [1.165, 1.54) is 0 Å². The monoisotopic (exact) mass is 250 g/mol. The Morgan fingerprint density at radius 3 is 2.63 bits per heavy atom. The first-order valence-corrected chi connectivity index (χ1v) is 6.12. The standard InChI is InChI=1S/C16H14N2O/c19-15-8-4-5-12-9-10-14(18-16(12)15)11-17-13-6-2-1-3-7-13/h1-11,17-19H. The molecule has 0 bridgehead atoms. The molecule has 3 N–H and O–H groups in total. The number of para-hydroxylation sites is 2. The molecular formula is C16H14N2O. The molecule has 94 valence electrons. The van der Waals surface area contributed by atoms with Crippen molar-refractivity contribution in [1.29, 1.82) is 0 Å². The van der Waals surface area contributed by atoms with Crippen LogP contribution in [0, 0.1) is 0 Å². The van der Waals surface area contributed by atoms with Crippen LogP contribution in [0.1, 0.15) is 5.56 Å². The van der Waals surface area contributed by atoms with Crippen LogP contribution in [0.2, 0.25) is 0 Å². The van der Waals surface area contributed by atoms with Crippen molar-refractivity contribution in [3.63, 3.8) is 0 Å². The zero-order valence-electron chi connectivity index (χ0n) is 10.3. The van der Waals surface area contributed by atoms with Gasteiger partial charge in [-0.1, -0.05) is 36.4 Å². The third-order valence-corrected chi connectivity index (χ3v) is 2.95. The van der Waals surface area contributed by atoms with Crippen molar-refractivity contribution in [2.45, 2.75) is 0 Å². The predicted octanol–water partition coefficient (Wildman–Crippen LogP) is 3.78. The van der Waals surface area contributed by atoms with Crippen molar-refractivity contribution < 1.29 is 5.11 Å². The van der Waals surface area contributed by atoms with Gasteiger partial charge in [-0.05, 0) is 24.3 Å². The molecule has 1 heterocycles. The summed E-state index contributed by atoms with van der Waals surface area (Å²) in [4.78, 5) is 0. The number of aromatic hydroxyl groups is 1. The molecule has 2 aromatic rings. The molecule has 2 aromatic carbocycles. The van der Waals surface area contributed by atoms with Gasteiger partial charge in [-0.25, -0.2) is 0 Å². The number of benzene rings is 2. The van der Waals surface area contributed by atoms with Crippen LogP contribution in [0.15, 0.2) is 66.5 Å². The molecule has 0 unspecified atom stereocenters. The first-order chi connectivity index (χ1) is 9.33. The van der Waals surface area contributed by atoms with Gasteiger partial charge in [-0.3, -0.25) is 0 Å². The van der Waals surface area contributed by atoms with Crippen molar-refractivity contribution in [3.8, 4) is 5.75 Å². The lowest BCUT2D eigenvalue weighted by atomic mass is 10.1. The van der Waals surface area contributed by atoms with Gasteiger partial charge < -0.3 is 15.7 Å². The van der Waals surface area contributed by atoms with Crippen molar-refractivity contribution in [2.24, 2.45) is 0 Å². The van der Waals surface area contributed by atoms with Crippen LogP contribution < -0.4 is 10.6 Å². The Bertz CT molecular complexity index is 645. The van der Waals surface area contributed by atoms with Gasteiger partial charge in [0.05, 0.1) is 11.4 Å². The normalized spacial score (nSPS) is 14.8.